The molecule has 0 radical (unpaired) electrons. The topological polar surface area (TPSA) is 29.1 Å². The van der Waals surface area contributed by atoms with Gasteiger partial charge in [0, 0.05) is 0 Å². The van der Waals surface area contributed by atoms with Gasteiger partial charge in [0.05, 0.1) is 6.10 Å². The molecule has 1 aliphatic carbocycles. The predicted octanol–water partition coefficient (Wildman–Crippen LogP) is 7.63. The summed E-state index contributed by atoms with van der Waals surface area (Å²) < 4.78 is 13.6. The molecule has 2 heteroatoms. The zero-order valence-corrected chi connectivity index (χ0v) is 17.9. The van der Waals surface area contributed by atoms with Crippen LogP contribution in [0.4, 0.5) is 0 Å². The standard InChI is InChI=1S/C20H24O.2C2H6.CO/c1-15-3-7-17(8-4-15)18-9-13-20(14-10-18)21-19-11-5-16(2)6-12-19;3*1-2/h3-4,7-10,13-14,16,19H,5-6,11-12H2,1-2H3;2*1-2H3;. The summed E-state index contributed by atoms with van der Waals surface area (Å²) in [6.45, 7) is 17.0. The number of rotatable bonds is 3. The van der Waals surface area contributed by atoms with Gasteiger partial charge in [-0.2, -0.15) is 0 Å². The molecule has 0 amide bonds. The zero-order valence-electron chi connectivity index (χ0n) is 17.9. The molecule has 148 valence electrons. The van der Waals surface area contributed by atoms with Crippen LogP contribution in [-0.4, -0.2) is 6.10 Å². The van der Waals surface area contributed by atoms with E-state index in [0.717, 1.165) is 11.7 Å². The average molecular weight is 369 g/mol. The molecule has 0 saturated heterocycles. The third kappa shape index (κ3) is 8.95. The van der Waals surface area contributed by atoms with Crippen molar-refractivity contribution in [2.45, 2.75) is 73.3 Å². The SMILES string of the molecule is CC.CC.Cc1ccc(-c2ccc(OC3CCC(C)CC3)cc2)cc1.[C-]#[O+]. The van der Waals surface area contributed by atoms with E-state index < -0.39 is 0 Å². The fourth-order valence-corrected chi connectivity index (χ4v) is 3.01. The van der Waals surface area contributed by atoms with Gasteiger partial charge in [0.15, 0.2) is 0 Å². The molecule has 0 spiro atoms. The van der Waals surface area contributed by atoms with Crippen molar-refractivity contribution in [1.82, 2.24) is 0 Å². The van der Waals surface area contributed by atoms with E-state index in [2.05, 4.69) is 69.0 Å². The molecule has 3 rings (SSSR count). The second kappa shape index (κ2) is 15.1. The van der Waals surface area contributed by atoms with Crippen molar-refractivity contribution in [3.8, 4) is 16.9 Å². The molecule has 1 saturated carbocycles. The van der Waals surface area contributed by atoms with Crippen LogP contribution >= 0.6 is 0 Å². The molecule has 2 aromatic rings. The number of hydrogen-bond donors (Lipinski definition) is 0. The van der Waals surface area contributed by atoms with Gasteiger partial charge < -0.3 is 4.74 Å². The Morgan fingerprint density at radius 1 is 0.741 bits per heavy atom. The summed E-state index contributed by atoms with van der Waals surface area (Å²) in [6.07, 6.45) is 5.39. The third-order valence-corrected chi connectivity index (χ3v) is 4.50. The Morgan fingerprint density at radius 3 is 1.59 bits per heavy atom. The summed E-state index contributed by atoms with van der Waals surface area (Å²) in [5.41, 5.74) is 3.81. The van der Waals surface area contributed by atoms with Crippen LogP contribution in [0.5, 0.6) is 5.75 Å². The van der Waals surface area contributed by atoms with Gasteiger partial charge in [0.2, 0.25) is 0 Å². The monoisotopic (exact) mass is 368 g/mol. The van der Waals surface area contributed by atoms with E-state index in [-0.39, 0.29) is 0 Å². The zero-order chi connectivity index (χ0) is 20.7. The minimum absolute atomic E-state index is 0.409. The van der Waals surface area contributed by atoms with Crippen LogP contribution in [-0.2, 0) is 4.65 Å². The number of aryl methyl sites for hydroxylation is 1. The van der Waals surface area contributed by atoms with Crippen LogP contribution in [0.1, 0.15) is 65.9 Å². The Kier molecular flexibility index (Phi) is 14.0. The Balaban J connectivity index is 0.00000103. The third-order valence-electron chi connectivity index (χ3n) is 4.50. The van der Waals surface area contributed by atoms with Crippen molar-refractivity contribution in [3.63, 3.8) is 0 Å². The van der Waals surface area contributed by atoms with Crippen LogP contribution in [0, 0.1) is 19.5 Å². The molecule has 0 bridgehead atoms. The molecule has 27 heavy (non-hydrogen) atoms. The van der Waals surface area contributed by atoms with Crippen molar-refractivity contribution in [1.29, 1.82) is 0 Å². The van der Waals surface area contributed by atoms with E-state index in [4.69, 9.17) is 9.39 Å². The van der Waals surface area contributed by atoms with E-state index in [1.807, 2.05) is 27.7 Å². The van der Waals surface area contributed by atoms with Crippen LogP contribution in [0.3, 0.4) is 0 Å². The molecule has 0 aliphatic heterocycles. The van der Waals surface area contributed by atoms with Gasteiger partial charge in [-0.3, -0.25) is 0 Å². The normalized spacial score (nSPS) is 17.6. The van der Waals surface area contributed by atoms with Gasteiger partial charge in [0.25, 0.3) is 0 Å². The first kappa shape index (κ1) is 25.0. The molecule has 0 unspecified atom stereocenters. The Bertz CT molecular complexity index is 603. The van der Waals surface area contributed by atoms with Crippen LogP contribution < -0.4 is 4.74 Å². The average Bonchev–Trinajstić information content (AvgIpc) is 2.75. The number of ether oxygens (including phenoxy) is 1. The second-order valence-electron chi connectivity index (χ2n) is 6.39. The summed E-state index contributed by atoms with van der Waals surface area (Å²) >= 11 is 0. The fourth-order valence-electron chi connectivity index (χ4n) is 3.01. The van der Waals surface area contributed by atoms with Crippen molar-refractivity contribution in [3.05, 3.63) is 60.7 Å². The molecule has 0 N–H and O–H groups in total. The molecule has 1 fully saturated rings. The van der Waals surface area contributed by atoms with E-state index in [1.54, 1.807) is 0 Å². The van der Waals surface area contributed by atoms with Crippen LogP contribution in [0.25, 0.3) is 11.1 Å². The van der Waals surface area contributed by atoms with Gasteiger partial charge in [-0.15, -0.1) is 0 Å². The van der Waals surface area contributed by atoms with E-state index in [0.29, 0.717) is 6.10 Å². The van der Waals surface area contributed by atoms with Gasteiger partial charge >= 0.3 is 11.3 Å². The summed E-state index contributed by atoms with van der Waals surface area (Å²) in [5.74, 6) is 1.87. The van der Waals surface area contributed by atoms with Crippen molar-refractivity contribution < 1.29 is 9.39 Å². The molecule has 1 aliphatic rings. The van der Waals surface area contributed by atoms with Crippen molar-refractivity contribution in [2.24, 2.45) is 5.92 Å². The van der Waals surface area contributed by atoms with Crippen molar-refractivity contribution >= 4 is 0 Å². The quantitative estimate of drug-likeness (QED) is 0.404. The van der Waals surface area contributed by atoms with Crippen LogP contribution in [0.15, 0.2) is 48.5 Å². The van der Waals surface area contributed by atoms with Crippen LogP contribution in [0.2, 0.25) is 0 Å². The first-order valence-corrected chi connectivity index (χ1v) is 10.2. The molecular formula is C25H36O2. The summed E-state index contributed by atoms with van der Waals surface area (Å²) in [7, 11) is 0. The van der Waals surface area contributed by atoms with Gasteiger partial charge in [0.1, 0.15) is 5.75 Å². The molecule has 2 aromatic carbocycles. The Hall–Kier alpha value is -2.02. The minimum atomic E-state index is 0.409. The summed E-state index contributed by atoms with van der Waals surface area (Å²) in [4.78, 5) is 0. The number of benzene rings is 2. The van der Waals surface area contributed by atoms with E-state index in [9.17, 15) is 0 Å². The maximum absolute atomic E-state index is 7.50. The molecule has 0 heterocycles. The molecular weight excluding hydrogens is 332 g/mol. The first-order valence-electron chi connectivity index (χ1n) is 10.2. The van der Waals surface area contributed by atoms with E-state index in [1.165, 1.54) is 42.4 Å². The van der Waals surface area contributed by atoms with Gasteiger partial charge in [-0.1, -0.05) is 76.6 Å². The first-order chi connectivity index (χ1) is 13.2. The number of hydrogen-bond acceptors (Lipinski definition) is 1. The van der Waals surface area contributed by atoms with Gasteiger partial charge in [-0.05, 0) is 61.8 Å². The van der Waals surface area contributed by atoms with Gasteiger partial charge in [-0.25, -0.2) is 0 Å². The van der Waals surface area contributed by atoms with Crippen molar-refractivity contribution in [2.75, 3.05) is 0 Å². The Morgan fingerprint density at radius 2 is 1.15 bits per heavy atom. The fraction of sp³-hybridized carbons (Fsp3) is 0.480. The van der Waals surface area contributed by atoms with E-state index >= 15 is 0 Å². The Labute approximate surface area is 166 Å². The predicted molar refractivity (Wildman–Crippen MR) is 115 cm³/mol. The molecule has 0 aromatic heterocycles. The second-order valence-corrected chi connectivity index (χ2v) is 6.39. The molecule has 2 nitrogen and oxygen atoms in total. The molecule has 0 atom stereocenters. The summed E-state index contributed by atoms with van der Waals surface area (Å²) in [6, 6.07) is 17.2. The maximum atomic E-state index is 7.50. The summed E-state index contributed by atoms with van der Waals surface area (Å²) in [5, 5.41) is 0.